The van der Waals surface area contributed by atoms with Gasteiger partial charge in [0.05, 0.1) is 5.69 Å². The smallest absolute Gasteiger partial charge is 0.260 e. The minimum Gasteiger partial charge on any atom is -0.479 e. The first-order valence-corrected chi connectivity index (χ1v) is 5.94. The molecule has 94 valence electrons. The summed E-state index contributed by atoms with van der Waals surface area (Å²) >= 11 is 0. The Balaban J connectivity index is 2.46. The third-order valence-corrected chi connectivity index (χ3v) is 2.42. The summed E-state index contributed by atoms with van der Waals surface area (Å²) in [6, 6.07) is 7.16. The van der Waals surface area contributed by atoms with E-state index >= 15 is 0 Å². The molecule has 17 heavy (non-hydrogen) atoms. The van der Waals surface area contributed by atoms with Crippen LogP contribution < -0.4 is 15.8 Å². The van der Waals surface area contributed by atoms with Gasteiger partial charge < -0.3 is 15.8 Å². The number of nitrogens with two attached hydrogens (primary N) is 1. The average molecular weight is 236 g/mol. The van der Waals surface area contributed by atoms with Gasteiger partial charge in [0.25, 0.3) is 5.91 Å². The zero-order chi connectivity index (χ0) is 12.7. The number of anilines is 1. The van der Waals surface area contributed by atoms with Crippen molar-refractivity contribution in [2.75, 3.05) is 12.3 Å². The summed E-state index contributed by atoms with van der Waals surface area (Å²) in [5.74, 6) is 0.437. The Morgan fingerprint density at radius 2 is 2.18 bits per heavy atom. The minimum atomic E-state index is -0.531. The predicted octanol–water partition coefficient (Wildman–Crippen LogP) is 1.95. The highest BCUT2D eigenvalue weighted by Gasteiger charge is 2.14. The Kier molecular flexibility index (Phi) is 5.33. The van der Waals surface area contributed by atoms with E-state index in [0.717, 1.165) is 12.8 Å². The van der Waals surface area contributed by atoms with Gasteiger partial charge in [-0.1, -0.05) is 25.5 Å². The SMILES string of the molecule is CCCCNC(=O)C(C)Oc1ccccc1N. The largest absolute Gasteiger partial charge is 0.479 e. The quantitative estimate of drug-likeness (QED) is 0.586. The summed E-state index contributed by atoms with van der Waals surface area (Å²) in [6.45, 7) is 4.48. The molecule has 0 bridgehead atoms. The maximum Gasteiger partial charge on any atom is 0.260 e. The molecule has 1 atom stereocenters. The first-order chi connectivity index (χ1) is 8.15. The minimum absolute atomic E-state index is 0.110. The van der Waals surface area contributed by atoms with Crippen LogP contribution in [0.25, 0.3) is 0 Å². The number of nitrogen functional groups attached to an aromatic ring is 1. The Bertz CT molecular complexity index is 366. The van der Waals surface area contributed by atoms with E-state index < -0.39 is 6.10 Å². The number of carbonyl (C=O) groups is 1. The van der Waals surface area contributed by atoms with Crippen molar-refractivity contribution in [2.24, 2.45) is 0 Å². The molecule has 0 saturated carbocycles. The Labute approximate surface area is 102 Å². The van der Waals surface area contributed by atoms with Gasteiger partial charge in [-0.3, -0.25) is 4.79 Å². The number of para-hydroxylation sites is 2. The standard InChI is InChI=1S/C13H20N2O2/c1-3-4-9-15-13(16)10(2)17-12-8-6-5-7-11(12)14/h5-8,10H,3-4,9,14H2,1-2H3,(H,15,16). The molecule has 0 fully saturated rings. The van der Waals surface area contributed by atoms with Crippen molar-refractivity contribution in [2.45, 2.75) is 32.8 Å². The predicted molar refractivity (Wildman–Crippen MR) is 68.9 cm³/mol. The molecule has 1 aromatic rings. The fourth-order valence-corrected chi connectivity index (χ4v) is 1.36. The molecule has 0 aliphatic carbocycles. The lowest BCUT2D eigenvalue weighted by atomic mass is 10.3. The fourth-order valence-electron chi connectivity index (χ4n) is 1.36. The van der Waals surface area contributed by atoms with Gasteiger partial charge in [0.1, 0.15) is 5.75 Å². The van der Waals surface area contributed by atoms with Crippen molar-refractivity contribution in [1.29, 1.82) is 0 Å². The summed E-state index contributed by atoms with van der Waals surface area (Å²) in [6.07, 6.45) is 1.50. The van der Waals surface area contributed by atoms with Crippen molar-refractivity contribution >= 4 is 11.6 Å². The van der Waals surface area contributed by atoms with E-state index in [1.807, 2.05) is 12.1 Å². The van der Waals surface area contributed by atoms with Gasteiger partial charge in [0, 0.05) is 6.54 Å². The topological polar surface area (TPSA) is 64.3 Å². The summed E-state index contributed by atoms with van der Waals surface area (Å²) in [5.41, 5.74) is 6.28. The van der Waals surface area contributed by atoms with Crippen LogP contribution in [0.1, 0.15) is 26.7 Å². The molecular formula is C13H20N2O2. The lowest BCUT2D eigenvalue weighted by molar-refractivity contribution is -0.127. The van der Waals surface area contributed by atoms with Crippen molar-refractivity contribution in [3.63, 3.8) is 0 Å². The van der Waals surface area contributed by atoms with Gasteiger partial charge in [0.15, 0.2) is 6.10 Å². The third kappa shape index (κ3) is 4.34. The molecule has 0 heterocycles. The summed E-state index contributed by atoms with van der Waals surface area (Å²) in [5, 5.41) is 2.82. The van der Waals surface area contributed by atoms with Gasteiger partial charge in [-0.2, -0.15) is 0 Å². The molecule has 4 heteroatoms. The van der Waals surface area contributed by atoms with Crippen LogP contribution in [0.4, 0.5) is 5.69 Å². The van der Waals surface area contributed by atoms with Gasteiger partial charge >= 0.3 is 0 Å². The molecule has 0 aliphatic heterocycles. The highest BCUT2D eigenvalue weighted by atomic mass is 16.5. The number of benzene rings is 1. The van der Waals surface area contributed by atoms with Gasteiger partial charge in [-0.05, 0) is 25.5 Å². The molecule has 1 rings (SSSR count). The molecule has 4 nitrogen and oxygen atoms in total. The monoisotopic (exact) mass is 236 g/mol. The van der Waals surface area contributed by atoms with Gasteiger partial charge in [0.2, 0.25) is 0 Å². The van der Waals surface area contributed by atoms with Crippen molar-refractivity contribution < 1.29 is 9.53 Å². The molecule has 0 aliphatic rings. The van der Waals surface area contributed by atoms with Crippen LogP contribution in [0.2, 0.25) is 0 Å². The highest BCUT2D eigenvalue weighted by molar-refractivity contribution is 5.80. The van der Waals surface area contributed by atoms with E-state index in [2.05, 4.69) is 12.2 Å². The molecule has 0 radical (unpaired) electrons. The fraction of sp³-hybridized carbons (Fsp3) is 0.462. The van der Waals surface area contributed by atoms with E-state index in [9.17, 15) is 4.79 Å². The summed E-state index contributed by atoms with van der Waals surface area (Å²) < 4.78 is 5.50. The van der Waals surface area contributed by atoms with E-state index in [0.29, 0.717) is 18.0 Å². The maximum atomic E-state index is 11.7. The lowest BCUT2D eigenvalue weighted by Crippen LogP contribution is -2.36. The number of ether oxygens (including phenoxy) is 1. The second-order valence-corrected chi connectivity index (χ2v) is 3.94. The molecule has 0 saturated heterocycles. The van der Waals surface area contributed by atoms with Crippen LogP contribution in [0, 0.1) is 0 Å². The summed E-state index contributed by atoms with van der Waals surface area (Å²) in [4.78, 5) is 11.7. The zero-order valence-corrected chi connectivity index (χ0v) is 10.4. The summed E-state index contributed by atoms with van der Waals surface area (Å²) in [7, 11) is 0. The lowest BCUT2D eigenvalue weighted by Gasteiger charge is -2.15. The Morgan fingerprint density at radius 1 is 1.47 bits per heavy atom. The molecule has 0 spiro atoms. The Hall–Kier alpha value is -1.71. The number of hydrogen-bond donors (Lipinski definition) is 2. The molecule has 3 N–H and O–H groups in total. The Morgan fingerprint density at radius 3 is 2.82 bits per heavy atom. The number of nitrogens with one attached hydrogen (secondary N) is 1. The maximum absolute atomic E-state index is 11.7. The van der Waals surface area contributed by atoms with Gasteiger partial charge in [-0.25, -0.2) is 0 Å². The van der Waals surface area contributed by atoms with E-state index in [1.54, 1.807) is 19.1 Å². The number of carbonyl (C=O) groups excluding carboxylic acids is 1. The normalized spacial score (nSPS) is 11.9. The molecule has 0 aromatic heterocycles. The molecule has 1 amide bonds. The second-order valence-electron chi connectivity index (χ2n) is 3.94. The van der Waals surface area contributed by atoms with Crippen LogP contribution in [0.3, 0.4) is 0 Å². The number of amides is 1. The molecule has 1 aromatic carbocycles. The number of hydrogen-bond acceptors (Lipinski definition) is 3. The first-order valence-electron chi connectivity index (χ1n) is 5.94. The molecular weight excluding hydrogens is 216 g/mol. The van der Waals surface area contributed by atoms with Crippen LogP contribution in [-0.2, 0) is 4.79 Å². The second kappa shape index (κ2) is 6.78. The number of rotatable bonds is 6. The average Bonchev–Trinajstić information content (AvgIpc) is 2.32. The van der Waals surface area contributed by atoms with Crippen LogP contribution in [0.15, 0.2) is 24.3 Å². The van der Waals surface area contributed by atoms with Crippen LogP contribution in [-0.4, -0.2) is 18.6 Å². The van der Waals surface area contributed by atoms with E-state index in [1.165, 1.54) is 0 Å². The van der Waals surface area contributed by atoms with Crippen LogP contribution >= 0.6 is 0 Å². The van der Waals surface area contributed by atoms with Crippen molar-refractivity contribution in [1.82, 2.24) is 5.32 Å². The van der Waals surface area contributed by atoms with E-state index in [-0.39, 0.29) is 5.91 Å². The first kappa shape index (κ1) is 13.4. The van der Waals surface area contributed by atoms with Gasteiger partial charge in [-0.15, -0.1) is 0 Å². The van der Waals surface area contributed by atoms with Crippen molar-refractivity contribution in [3.05, 3.63) is 24.3 Å². The van der Waals surface area contributed by atoms with Crippen LogP contribution in [0.5, 0.6) is 5.75 Å². The highest BCUT2D eigenvalue weighted by Crippen LogP contribution is 2.20. The molecule has 1 unspecified atom stereocenters. The third-order valence-electron chi connectivity index (χ3n) is 2.42. The van der Waals surface area contributed by atoms with Crippen molar-refractivity contribution in [3.8, 4) is 5.75 Å². The zero-order valence-electron chi connectivity index (χ0n) is 10.4. The number of unbranched alkanes of at least 4 members (excludes halogenated alkanes) is 1. The van der Waals surface area contributed by atoms with E-state index in [4.69, 9.17) is 10.5 Å².